The molecule has 7 nitrogen and oxygen atoms in total. The highest BCUT2D eigenvalue weighted by Crippen LogP contribution is 2.27. The molecule has 8 heteroatoms. The van der Waals surface area contributed by atoms with Gasteiger partial charge in [-0.2, -0.15) is 0 Å². The maximum atomic E-state index is 12.8. The number of nitrogens with zero attached hydrogens (tertiary/aromatic N) is 6. The lowest BCUT2D eigenvalue weighted by Gasteiger charge is -2.32. The molecule has 1 unspecified atom stereocenters. The van der Waals surface area contributed by atoms with Gasteiger partial charge in [-0.3, -0.25) is 4.79 Å². The van der Waals surface area contributed by atoms with Gasteiger partial charge in [-0.15, -0.1) is 5.10 Å². The van der Waals surface area contributed by atoms with Crippen LogP contribution in [0.1, 0.15) is 46.4 Å². The lowest BCUT2D eigenvalue weighted by atomic mass is 9.97. The minimum absolute atomic E-state index is 0.0583. The van der Waals surface area contributed by atoms with E-state index in [2.05, 4.69) is 44.3 Å². The van der Waals surface area contributed by atoms with Gasteiger partial charge >= 0.3 is 0 Å². The zero-order valence-corrected chi connectivity index (χ0v) is 16.0. The summed E-state index contributed by atoms with van der Waals surface area (Å²) in [6.45, 7) is 5.39. The molecule has 3 heterocycles. The summed E-state index contributed by atoms with van der Waals surface area (Å²) in [5, 5.41) is 3.96. The molecule has 0 aromatic carbocycles. The summed E-state index contributed by atoms with van der Waals surface area (Å²) in [6.07, 6.45) is 7.12. The van der Waals surface area contributed by atoms with Gasteiger partial charge in [0.25, 0.3) is 5.91 Å². The highest BCUT2D eigenvalue weighted by Gasteiger charge is 2.29. The fraction of sp³-hybridized carbons (Fsp3) is 0.647. The van der Waals surface area contributed by atoms with Crippen LogP contribution in [0.2, 0.25) is 0 Å². The van der Waals surface area contributed by atoms with Crippen molar-refractivity contribution in [2.24, 2.45) is 0 Å². The Kier molecular flexibility index (Phi) is 5.80. The number of rotatable bonds is 6. The van der Waals surface area contributed by atoms with Crippen molar-refractivity contribution in [1.29, 1.82) is 0 Å². The second kappa shape index (κ2) is 8.05. The molecule has 2 aromatic heterocycles. The van der Waals surface area contributed by atoms with Crippen LogP contribution in [-0.4, -0.2) is 68.6 Å². The SMILES string of the molecule is Cc1nnsc1C(=O)N1CCCC(c2nccn2CCCN(C)C)C1. The Morgan fingerprint density at radius 3 is 3.00 bits per heavy atom. The molecule has 136 valence electrons. The number of piperidine rings is 1. The van der Waals surface area contributed by atoms with Crippen LogP contribution in [0.15, 0.2) is 12.4 Å². The van der Waals surface area contributed by atoms with E-state index >= 15 is 0 Å². The van der Waals surface area contributed by atoms with E-state index in [1.165, 1.54) is 11.5 Å². The quantitative estimate of drug-likeness (QED) is 0.786. The van der Waals surface area contributed by atoms with Gasteiger partial charge in [0.1, 0.15) is 10.7 Å². The molecule has 0 N–H and O–H groups in total. The van der Waals surface area contributed by atoms with Crippen molar-refractivity contribution < 1.29 is 4.79 Å². The lowest BCUT2D eigenvalue weighted by molar-refractivity contribution is 0.0707. The van der Waals surface area contributed by atoms with Gasteiger partial charge in [-0.25, -0.2) is 4.98 Å². The van der Waals surface area contributed by atoms with E-state index in [1.54, 1.807) is 0 Å². The second-order valence-corrected chi connectivity index (χ2v) is 7.67. The maximum Gasteiger partial charge on any atom is 0.267 e. The number of amides is 1. The highest BCUT2D eigenvalue weighted by molar-refractivity contribution is 7.07. The normalized spacial score (nSPS) is 18.1. The fourth-order valence-electron chi connectivity index (χ4n) is 3.37. The molecule has 0 spiro atoms. The van der Waals surface area contributed by atoms with Crippen molar-refractivity contribution in [3.63, 3.8) is 0 Å². The molecular weight excluding hydrogens is 336 g/mol. The van der Waals surface area contributed by atoms with Gasteiger partial charge in [0.05, 0.1) is 5.69 Å². The van der Waals surface area contributed by atoms with Crippen LogP contribution >= 0.6 is 11.5 Å². The third-order valence-electron chi connectivity index (χ3n) is 4.67. The average molecular weight is 363 g/mol. The van der Waals surface area contributed by atoms with E-state index in [1.807, 2.05) is 18.0 Å². The minimum atomic E-state index is 0.0583. The summed E-state index contributed by atoms with van der Waals surface area (Å²) in [4.78, 5) is 22.2. The Bertz CT molecular complexity index is 710. The summed E-state index contributed by atoms with van der Waals surface area (Å²) >= 11 is 1.19. The summed E-state index contributed by atoms with van der Waals surface area (Å²) < 4.78 is 6.14. The largest absolute Gasteiger partial charge is 0.337 e. The number of carbonyl (C=O) groups is 1. The molecule has 1 aliphatic heterocycles. The summed E-state index contributed by atoms with van der Waals surface area (Å²) in [7, 11) is 4.19. The summed E-state index contributed by atoms with van der Waals surface area (Å²) in [5.41, 5.74) is 0.724. The summed E-state index contributed by atoms with van der Waals surface area (Å²) in [6, 6.07) is 0. The molecule has 1 saturated heterocycles. The monoisotopic (exact) mass is 362 g/mol. The fourth-order valence-corrected chi connectivity index (χ4v) is 4.00. The molecule has 2 aromatic rings. The standard InChI is InChI=1S/C17H26N6OS/c1-13-15(25-20-19-13)17(24)23-9-4-6-14(12-23)16-18-7-11-22(16)10-5-8-21(2)3/h7,11,14H,4-6,8-10,12H2,1-3H3. The molecular formula is C17H26N6OS. The van der Waals surface area contributed by atoms with Crippen molar-refractivity contribution in [2.45, 2.75) is 38.6 Å². The number of likely N-dealkylation sites (tertiary alicyclic amines) is 1. The third kappa shape index (κ3) is 4.24. The minimum Gasteiger partial charge on any atom is -0.337 e. The van der Waals surface area contributed by atoms with Crippen LogP contribution in [0.4, 0.5) is 0 Å². The lowest BCUT2D eigenvalue weighted by Crippen LogP contribution is -2.39. The van der Waals surface area contributed by atoms with Gasteiger partial charge in [0, 0.05) is 37.9 Å². The first-order valence-electron chi connectivity index (χ1n) is 8.80. The van der Waals surface area contributed by atoms with Crippen molar-refractivity contribution in [3.8, 4) is 0 Å². The summed E-state index contributed by atoms with van der Waals surface area (Å²) in [5.74, 6) is 1.46. The Labute approximate surface area is 152 Å². The number of hydrogen-bond acceptors (Lipinski definition) is 6. The van der Waals surface area contributed by atoms with Gasteiger partial charge in [0.2, 0.25) is 0 Å². The van der Waals surface area contributed by atoms with Crippen LogP contribution in [-0.2, 0) is 6.54 Å². The van der Waals surface area contributed by atoms with Crippen LogP contribution in [0, 0.1) is 6.92 Å². The van der Waals surface area contributed by atoms with Gasteiger partial charge in [-0.05, 0) is 58.4 Å². The molecule has 1 amide bonds. The average Bonchev–Trinajstić information content (AvgIpc) is 3.23. The van der Waals surface area contributed by atoms with E-state index in [0.29, 0.717) is 10.8 Å². The smallest absolute Gasteiger partial charge is 0.267 e. The topological polar surface area (TPSA) is 67.2 Å². The van der Waals surface area contributed by atoms with Crippen molar-refractivity contribution in [1.82, 2.24) is 28.9 Å². The zero-order valence-electron chi connectivity index (χ0n) is 15.2. The van der Waals surface area contributed by atoms with Gasteiger partial charge in [0.15, 0.2) is 0 Å². The second-order valence-electron chi connectivity index (χ2n) is 6.91. The van der Waals surface area contributed by atoms with Crippen molar-refractivity contribution in [2.75, 3.05) is 33.7 Å². The molecule has 1 fully saturated rings. The number of hydrogen-bond donors (Lipinski definition) is 0. The zero-order chi connectivity index (χ0) is 17.8. The Morgan fingerprint density at radius 1 is 1.44 bits per heavy atom. The Hall–Kier alpha value is -1.80. The molecule has 0 bridgehead atoms. The molecule has 1 atom stereocenters. The third-order valence-corrected chi connectivity index (χ3v) is 5.49. The van der Waals surface area contributed by atoms with E-state index < -0.39 is 0 Å². The van der Waals surface area contributed by atoms with E-state index in [-0.39, 0.29) is 5.91 Å². The van der Waals surface area contributed by atoms with Crippen LogP contribution in [0.5, 0.6) is 0 Å². The number of carbonyl (C=O) groups excluding carboxylic acids is 1. The van der Waals surface area contributed by atoms with Crippen molar-refractivity contribution in [3.05, 3.63) is 28.8 Å². The Morgan fingerprint density at radius 2 is 2.28 bits per heavy atom. The number of imidazole rings is 1. The van der Waals surface area contributed by atoms with E-state index in [0.717, 1.165) is 57.0 Å². The Balaban J connectivity index is 1.67. The first-order chi connectivity index (χ1) is 12.1. The van der Waals surface area contributed by atoms with Crippen LogP contribution < -0.4 is 0 Å². The molecule has 25 heavy (non-hydrogen) atoms. The van der Waals surface area contributed by atoms with Crippen LogP contribution in [0.25, 0.3) is 0 Å². The molecule has 0 radical (unpaired) electrons. The molecule has 0 aliphatic carbocycles. The predicted molar refractivity (Wildman–Crippen MR) is 97.9 cm³/mol. The van der Waals surface area contributed by atoms with E-state index in [9.17, 15) is 4.79 Å². The molecule has 1 aliphatic rings. The molecule has 3 rings (SSSR count). The predicted octanol–water partition coefficient (Wildman–Crippen LogP) is 2.01. The first-order valence-corrected chi connectivity index (χ1v) is 9.57. The maximum absolute atomic E-state index is 12.8. The van der Waals surface area contributed by atoms with Crippen LogP contribution in [0.3, 0.4) is 0 Å². The molecule has 0 saturated carbocycles. The van der Waals surface area contributed by atoms with Gasteiger partial charge < -0.3 is 14.4 Å². The number of aromatic nitrogens is 4. The highest BCUT2D eigenvalue weighted by atomic mass is 32.1. The van der Waals surface area contributed by atoms with E-state index in [4.69, 9.17) is 0 Å². The van der Waals surface area contributed by atoms with Gasteiger partial charge in [-0.1, -0.05) is 4.49 Å². The first kappa shape index (κ1) is 18.0. The van der Waals surface area contributed by atoms with Crippen molar-refractivity contribution >= 4 is 17.4 Å². The number of aryl methyl sites for hydroxylation is 2.